The van der Waals surface area contributed by atoms with Crippen molar-refractivity contribution in [3.05, 3.63) is 0 Å². The first-order chi connectivity index (χ1) is 22.5. The molecule has 282 valence electrons. The van der Waals surface area contributed by atoms with Gasteiger partial charge in [-0.2, -0.15) is 0 Å². The SMILES string of the molecule is CCCCCCCCCCCCCCCCCCCCCCC(O)C(COP(=O)(O)OCC[N+](C)(C)C)NC(=O)CCCCCCC. The summed E-state index contributed by atoms with van der Waals surface area (Å²) in [4.78, 5) is 22.8. The molecule has 0 aromatic heterocycles. The third-order valence-corrected chi connectivity index (χ3v) is 10.1. The van der Waals surface area contributed by atoms with Crippen LogP contribution in [0.4, 0.5) is 0 Å². The Labute approximate surface area is 291 Å². The fourth-order valence-electron chi connectivity index (χ4n) is 5.87. The van der Waals surface area contributed by atoms with Crippen LogP contribution in [0.15, 0.2) is 0 Å². The van der Waals surface area contributed by atoms with Crippen LogP contribution in [-0.4, -0.2) is 73.4 Å². The van der Waals surface area contributed by atoms with Crippen molar-refractivity contribution in [2.24, 2.45) is 0 Å². The third kappa shape index (κ3) is 33.8. The first-order valence-electron chi connectivity index (χ1n) is 19.9. The molecule has 0 saturated carbocycles. The highest BCUT2D eigenvalue weighted by atomic mass is 31.2. The van der Waals surface area contributed by atoms with E-state index in [4.69, 9.17) is 9.05 Å². The molecular formula is C38H80N2O6P+. The first kappa shape index (κ1) is 46.5. The minimum atomic E-state index is -4.29. The minimum Gasteiger partial charge on any atom is -0.391 e. The van der Waals surface area contributed by atoms with Crippen molar-refractivity contribution >= 4 is 13.7 Å². The van der Waals surface area contributed by atoms with Crippen molar-refractivity contribution in [1.29, 1.82) is 0 Å². The summed E-state index contributed by atoms with van der Waals surface area (Å²) in [5, 5.41) is 13.8. The molecule has 3 atom stereocenters. The van der Waals surface area contributed by atoms with Gasteiger partial charge >= 0.3 is 7.82 Å². The Morgan fingerprint density at radius 3 is 1.43 bits per heavy atom. The Balaban J connectivity index is 4.14. The Hall–Kier alpha value is -0.500. The molecule has 47 heavy (non-hydrogen) atoms. The van der Waals surface area contributed by atoms with E-state index in [2.05, 4.69) is 19.2 Å². The summed E-state index contributed by atoms with van der Waals surface area (Å²) in [7, 11) is 1.62. The number of nitrogens with one attached hydrogen (secondary N) is 1. The summed E-state index contributed by atoms with van der Waals surface area (Å²) in [6.45, 7) is 4.80. The van der Waals surface area contributed by atoms with E-state index in [9.17, 15) is 19.4 Å². The van der Waals surface area contributed by atoms with Crippen LogP contribution in [0, 0.1) is 0 Å². The summed E-state index contributed by atoms with van der Waals surface area (Å²) in [6, 6.07) is -0.749. The van der Waals surface area contributed by atoms with Crippen LogP contribution in [0.5, 0.6) is 0 Å². The molecule has 8 nitrogen and oxygen atoms in total. The smallest absolute Gasteiger partial charge is 0.391 e. The van der Waals surface area contributed by atoms with E-state index in [1.165, 1.54) is 109 Å². The van der Waals surface area contributed by atoms with E-state index in [-0.39, 0.29) is 19.1 Å². The van der Waals surface area contributed by atoms with Crippen LogP contribution < -0.4 is 5.32 Å². The van der Waals surface area contributed by atoms with Crippen LogP contribution in [0.1, 0.15) is 187 Å². The molecule has 0 heterocycles. The maximum atomic E-state index is 12.6. The predicted molar refractivity (Wildman–Crippen MR) is 199 cm³/mol. The second kappa shape index (κ2) is 31.5. The second-order valence-corrected chi connectivity index (χ2v) is 16.5. The van der Waals surface area contributed by atoms with Crippen LogP contribution in [-0.2, 0) is 18.4 Å². The van der Waals surface area contributed by atoms with Gasteiger partial charge in [0.05, 0.1) is 39.9 Å². The molecule has 0 saturated heterocycles. The maximum absolute atomic E-state index is 12.6. The Kier molecular flexibility index (Phi) is 31.1. The van der Waals surface area contributed by atoms with Crippen molar-refractivity contribution in [2.75, 3.05) is 40.9 Å². The van der Waals surface area contributed by atoms with Gasteiger partial charge in [0.1, 0.15) is 13.2 Å². The van der Waals surface area contributed by atoms with Gasteiger partial charge in [-0.15, -0.1) is 0 Å². The molecule has 3 N–H and O–H groups in total. The number of hydrogen-bond acceptors (Lipinski definition) is 5. The number of nitrogens with zero attached hydrogens (tertiary/aromatic N) is 1. The largest absolute Gasteiger partial charge is 0.472 e. The zero-order valence-electron chi connectivity index (χ0n) is 31.8. The fraction of sp³-hybridized carbons (Fsp3) is 0.974. The van der Waals surface area contributed by atoms with Gasteiger partial charge in [-0.1, -0.05) is 168 Å². The van der Waals surface area contributed by atoms with Crippen molar-refractivity contribution in [3.63, 3.8) is 0 Å². The predicted octanol–water partition coefficient (Wildman–Crippen LogP) is 10.2. The standard InChI is InChI=1S/C38H79N2O6P/c1-6-8-10-12-13-14-15-16-17-18-19-20-21-22-23-24-25-26-28-29-31-37(41)36(39-38(42)32-30-27-11-9-7-2)35-46-47(43,44)45-34-33-40(3,4)5/h36-37,41H,6-35H2,1-5H3,(H-,39,42,43,44)/p+1. The fourth-order valence-corrected chi connectivity index (χ4v) is 6.60. The quantitative estimate of drug-likeness (QED) is 0.0343. The second-order valence-electron chi connectivity index (χ2n) is 15.0. The highest BCUT2D eigenvalue weighted by Crippen LogP contribution is 2.43. The summed E-state index contributed by atoms with van der Waals surface area (Å²) >= 11 is 0. The highest BCUT2D eigenvalue weighted by molar-refractivity contribution is 7.47. The topological polar surface area (TPSA) is 105 Å². The lowest BCUT2D eigenvalue weighted by Crippen LogP contribution is -2.46. The number of rotatable bonds is 36. The lowest BCUT2D eigenvalue weighted by molar-refractivity contribution is -0.870. The van der Waals surface area contributed by atoms with Crippen molar-refractivity contribution in [1.82, 2.24) is 5.32 Å². The van der Waals surface area contributed by atoms with Crippen molar-refractivity contribution < 1.29 is 32.9 Å². The molecule has 0 spiro atoms. The van der Waals surface area contributed by atoms with Gasteiger partial charge in [-0.25, -0.2) is 4.57 Å². The molecule has 0 aliphatic heterocycles. The Morgan fingerprint density at radius 1 is 0.638 bits per heavy atom. The third-order valence-electron chi connectivity index (χ3n) is 9.11. The molecule has 0 aliphatic rings. The summed E-state index contributed by atoms with van der Waals surface area (Å²) in [6.07, 6.45) is 31.7. The monoisotopic (exact) mass is 692 g/mol. The van der Waals surface area contributed by atoms with E-state index in [1.807, 2.05) is 21.1 Å². The number of hydrogen-bond donors (Lipinski definition) is 3. The average molecular weight is 692 g/mol. The molecule has 3 unspecified atom stereocenters. The number of carbonyl (C=O) groups is 1. The van der Waals surface area contributed by atoms with Crippen LogP contribution in [0.25, 0.3) is 0 Å². The number of carbonyl (C=O) groups excluding carboxylic acids is 1. The van der Waals surface area contributed by atoms with Gasteiger partial charge in [0.15, 0.2) is 0 Å². The van der Waals surface area contributed by atoms with E-state index in [0.29, 0.717) is 23.9 Å². The normalized spacial score (nSPS) is 14.6. The van der Waals surface area contributed by atoms with Crippen LogP contribution >= 0.6 is 7.82 Å². The first-order valence-corrected chi connectivity index (χ1v) is 21.4. The molecule has 0 aliphatic carbocycles. The molecule has 9 heteroatoms. The van der Waals surface area contributed by atoms with Gasteiger partial charge in [0.25, 0.3) is 0 Å². The van der Waals surface area contributed by atoms with Gasteiger partial charge in [0, 0.05) is 6.42 Å². The van der Waals surface area contributed by atoms with E-state index >= 15 is 0 Å². The van der Waals surface area contributed by atoms with E-state index < -0.39 is 20.0 Å². The maximum Gasteiger partial charge on any atom is 0.472 e. The lowest BCUT2D eigenvalue weighted by atomic mass is 10.0. The molecule has 0 rings (SSSR count). The molecule has 0 radical (unpaired) electrons. The minimum absolute atomic E-state index is 0.0774. The zero-order chi connectivity index (χ0) is 35.1. The van der Waals surface area contributed by atoms with Gasteiger partial charge < -0.3 is 19.8 Å². The van der Waals surface area contributed by atoms with Crippen LogP contribution in [0.3, 0.4) is 0 Å². The highest BCUT2D eigenvalue weighted by Gasteiger charge is 2.28. The Morgan fingerprint density at radius 2 is 1.02 bits per heavy atom. The number of phosphoric acid groups is 1. The average Bonchev–Trinajstić information content (AvgIpc) is 3.01. The molecule has 0 bridgehead atoms. The molecule has 0 aromatic rings. The number of quaternary nitrogens is 1. The lowest BCUT2D eigenvalue weighted by Gasteiger charge is -2.26. The molecule has 0 fully saturated rings. The van der Waals surface area contributed by atoms with Crippen molar-refractivity contribution in [3.8, 4) is 0 Å². The van der Waals surface area contributed by atoms with Crippen LogP contribution in [0.2, 0.25) is 0 Å². The number of phosphoric ester groups is 1. The van der Waals surface area contributed by atoms with Gasteiger partial charge in [-0.05, 0) is 12.8 Å². The summed E-state index contributed by atoms with van der Waals surface area (Å²) in [5.41, 5.74) is 0. The van der Waals surface area contributed by atoms with Gasteiger partial charge in [0.2, 0.25) is 5.91 Å². The Bertz CT molecular complexity index is 748. The molecule has 0 aromatic carbocycles. The number of amides is 1. The molecule has 1 amide bonds. The van der Waals surface area contributed by atoms with E-state index in [1.54, 1.807) is 0 Å². The van der Waals surface area contributed by atoms with Crippen molar-refractivity contribution in [2.45, 2.75) is 199 Å². The number of aliphatic hydroxyl groups is 1. The van der Waals surface area contributed by atoms with Gasteiger partial charge in [-0.3, -0.25) is 13.8 Å². The summed E-state index contributed by atoms with van der Waals surface area (Å²) < 4.78 is 23.4. The summed E-state index contributed by atoms with van der Waals surface area (Å²) in [5.74, 6) is -0.156. The number of likely N-dealkylation sites (N-methyl/N-ethyl adjacent to an activating group) is 1. The molecular weight excluding hydrogens is 611 g/mol. The zero-order valence-corrected chi connectivity index (χ0v) is 32.7. The number of aliphatic hydroxyl groups excluding tert-OH is 1. The number of unbranched alkanes of at least 4 members (excludes halogenated alkanes) is 23. The van der Waals surface area contributed by atoms with E-state index in [0.717, 1.165) is 51.4 Å².